The molecule has 0 bridgehead atoms. The first-order valence-electron chi connectivity index (χ1n) is 13.3. The second-order valence-electron chi connectivity index (χ2n) is 9.66. The topological polar surface area (TPSA) is 156 Å². The van der Waals surface area contributed by atoms with Gasteiger partial charge in [0, 0.05) is 19.3 Å². The van der Waals surface area contributed by atoms with Crippen LogP contribution in [0.1, 0.15) is 24.8 Å². The summed E-state index contributed by atoms with van der Waals surface area (Å²) < 4.78 is 22.7. The molecule has 0 atom stereocenters. The number of rotatable bonds is 13. The number of benzene rings is 1. The van der Waals surface area contributed by atoms with Crippen LogP contribution in [0.3, 0.4) is 0 Å². The molecule has 1 amide bonds. The first kappa shape index (κ1) is 29.0. The number of methoxy groups -OCH3 is 3. The van der Waals surface area contributed by atoms with Crippen LogP contribution in [0.5, 0.6) is 12.0 Å². The van der Waals surface area contributed by atoms with E-state index in [-0.39, 0.29) is 30.1 Å². The average Bonchev–Trinajstić information content (AvgIpc) is 3.31. The number of ether oxygens (including phenoxy) is 4. The van der Waals surface area contributed by atoms with Crippen molar-refractivity contribution in [2.45, 2.75) is 32.2 Å². The van der Waals surface area contributed by atoms with Crippen molar-refractivity contribution in [1.29, 1.82) is 0 Å². The Hall–Kier alpha value is -3.97. The number of imidazole rings is 1. The van der Waals surface area contributed by atoms with Gasteiger partial charge >= 0.3 is 12.0 Å². The van der Waals surface area contributed by atoms with Crippen molar-refractivity contribution in [2.75, 3.05) is 65.2 Å². The first-order valence-corrected chi connectivity index (χ1v) is 13.3. The van der Waals surface area contributed by atoms with Crippen LogP contribution in [0.2, 0.25) is 0 Å². The minimum atomic E-state index is -0.319. The van der Waals surface area contributed by atoms with E-state index >= 15 is 0 Å². The van der Waals surface area contributed by atoms with Gasteiger partial charge in [-0.15, -0.1) is 0 Å². The van der Waals surface area contributed by atoms with E-state index in [9.17, 15) is 9.59 Å². The number of nitrogens with two attached hydrogens (primary N) is 1. The van der Waals surface area contributed by atoms with Crippen LogP contribution in [-0.4, -0.2) is 90.5 Å². The number of carbonyl (C=O) groups is 2. The number of aromatic nitrogens is 4. The first-order chi connectivity index (χ1) is 19.4. The zero-order chi connectivity index (χ0) is 28.5. The van der Waals surface area contributed by atoms with Gasteiger partial charge in [0.15, 0.2) is 17.0 Å². The molecule has 13 nitrogen and oxygen atoms in total. The van der Waals surface area contributed by atoms with Crippen LogP contribution >= 0.6 is 0 Å². The Bertz CT molecular complexity index is 1310. The summed E-state index contributed by atoms with van der Waals surface area (Å²) in [5.74, 6) is 0.313. The Kier molecular flexibility index (Phi) is 10.1. The van der Waals surface area contributed by atoms with Gasteiger partial charge in [-0.2, -0.15) is 15.0 Å². The van der Waals surface area contributed by atoms with Crippen LogP contribution in [0.25, 0.3) is 11.2 Å². The normalized spacial score (nSPS) is 14.3. The lowest BCUT2D eigenvalue weighted by Crippen LogP contribution is -2.39. The third kappa shape index (κ3) is 7.57. The van der Waals surface area contributed by atoms with Crippen molar-refractivity contribution in [3.63, 3.8) is 0 Å². The fraction of sp³-hybridized carbons (Fsp3) is 0.519. The van der Waals surface area contributed by atoms with E-state index in [2.05, 4.69) is 25.2 Å². The highest BCUT2D eigenvalue weighted by Crippen LogP contribution is 2.28. The smallest absolute Gasteiger partial charge is 0.320 e. The lowest BCUT2D eigenvalue weighted by atomic mass is 9.93. The molecule has 0 spiro atoms. The molecule has 0 aliphatic carbocycles. The molecular formula is C27H37N7O6. The molecule has 216 valence electrons. The van der Waals surface area contributed by atoms with Crippen LogP contribution in [0.4, 0.5) is 11.5 Å². The summed E-state index contributed by atoms with van der Waals surface area (Å²) in [4.78, 5) is 39.5. The van der Waals surface area contributed by atoms with Crippen molar-refractivity contribution >= 4 is 34.5 Å². The van der Waals surface area contributed by atoms with Crippen molar-refractivity contribution in [3.05, 3.63) is 29.8 Å². The molecule has 2 aromatic heterocycles. The van der Waals surface area contributed by atoms with Gasteiger partial charge in [-0.25, -0.2) is 0 Å². The number of hydrogen-bond donors (Lipinski definition) is 2. The van der Waals surface area contributed by atoms with Gasteiger partial charge in [0.2, 0.25) is 5.91 Å². The van der Waals surface area contributed by atoms with Gasteiger partial charge in [0.25, 0.3) is 6.01 Å². The van der Waals surface area contributed by atoms with Gasteiger partial charge in [-0.05, 0) is 56.0 Å². The van der Waals surface area contributed by atoms with Crippen molar-refractivity contribution < 1.29 is 28.5 Å². The number of nitrogens with one attached hydrogen (secondary N) is 1. The van der Waals surface area contributed by atoms with E-state index in [0.717, 1.165) is 37.9 Å². The van der Waals surface area contributed by atoms with Gasteiger partial charge < -0.3 is 30.0 Å². The second-order valence-corrected chi connectivity index (χ2v) is 9.66. The lowest BCUT2D eigenvalue weighted by molar-refractivity contribution is -0.139. The van der Waals surface area contributed by atoms with Crippen molar-refractivity contribution in [1.82, 2.24) is 24.4 Å². The molecule has 0 radical (unpaired) electrons. The molecule has 1 saturated heterocycles. The Balaban J connectivity index is 1.29. The molecule has 1 aliphatic heterocycles. The predicted octanol–water partition coefficient (Wildman–Crippen LogP) is 1.90. The SMILES string of the molecule is COCCOc1nc(N)c2nc(OC)n(CCC3CCN(CC(=O)Nc4cccc(CC(=O)OC)c4)CC3)c2n1. The summed E-state index contributed by atoms with van der Waals surface area (Å²) in [6.07, 6.45) is 3.01. The maximum atomic E-state index is 12.7. The van der Waals surface area contributed by atoms with Crippen LogP contribution < -0.4 is 20.5 Å². The number of amides is 1. The van der Waals surface area contributed by atoms with E-state index in [1.807, 2.05) is 22.8 Å². The molecule has 3 N–H and O–H groups in total. The largest absolute Gasteiger partial charge is 0.469 e. The van der Waals surface area contributed by atoms with E-state index in [0.29, 0.717) is 55.1 Å². The number of likely N-dealkylation sites (tertiary alicyclic amines) is 1. The maximum Gasteiger partial charge on any atom is 0.320 e. The number of hydrogen-bond acceptors (Lipinski definition) is 11. The highest BCUT2D eigenvalue weighted by Gasteiger charge is 2.23. The Morgan fingerprint density at radius 3 is 2.62 bits per heavy atom. The maximum absolute atomic E-state index is 12.7. The second kappa shape index (κ2) is 13.9. The number of nitrogens with zero attached hydrogens (tertiary/aromatic N) is 5. The summed E-state index contributed by atoms with van der Waals surface area (Å²) in [7, 11) is 4.52. The fourth-order valence-corrected chi connectivity index (χ4v) is 4.77. The molecule has 1 aromatic carbocycles. The molecule has 0 unspecified atom stereocenters. The zero-order valence-electron chi connectivity index (χ0n) is 23.2. The molecule has 1 aliphatic rings. The summed E-state index contributed by atoms with van der Waals surface area (Å²) in [6, 6.07) is 7.85. The zero-order valence-corrected chi connectivity index (χ0v) is 23.2. The summed E-state index contributed by atoms with van der Waals surface area (Å²) >= 11 is 0. The van der Waals surface area contributed by atoms with Crippen molar-refractivity contribution in [3.8, 4) is 12.0 Å². The van der Waals surface area contributed by atoms with Gasteiger partial charge in [0.05, 0.1) is 33.8 Å². The van der Waals surface area contributed by atoms with Crippen LogP contribution in [0, 0.1) is 5.92 Å². The lowest BCUT2D eigenvalue weighted by Gasteiger charge is -2.31. The molecule has 4 rings (SSSR count). The minimum absolute atomic E-state index is 0.0796. The number of aryl methyl sites for hydroxylation is 1. The van der Waals surface area contributed by atoms with E-state index in [1.54, 1.807) is 20.3 Å². The van der Waals surface area contributed by atoms with E-state index < -0.39 is 0 Å². The Morgan fingerprint density at radius 2 is 1.90 bits per heavy atom. The molecule has 1 fully saturated rings. The minimum Gasteiger partial charge on any atom is -0.469 e. The number of anilines is 2. The van der Waals surface area contributed by atoms with Crippen LogP contribution in [0.15, 0.2) is 24.3 Å². The third-order valence-electron chi connectivity index (χ3n) is 6.89. The Labute approximate surface area is 233 Å². The molecule has 0 saturated carbocycles. The van der Waals surface area contributed by atoms with Gasteiger partial charge in [0.1, 0.15) is 6.61 Å². The number of fused-ring (bicyclic) bond motifs is 1. The van der Waals surface area contributed by atoms with Gasteiger partial charge in [-0.3, -0.25) is 19.1 Å². The van der Waals surface area contributed by atoms with Crippen molar-refractivity contribution in [2.24, 2.45) is 5.92 Å². The average molecular weight is 556 g/mol. The summed E-state index contributed by atoms with van der Waals surface area (Å²) in [6.45, 7) is 3.35. The monoisotopic (exact) mass is 555 g/mol. The highest BCUT2D eigenvalue weighted by molar-refractivity contribution is 5.92. The summed E-state index contributed by atoms with van der Waals surface area (Å²) in [5, 5.41) is 2.93. The Morgan fingerprint density at radius 1 is 1.10 bits per heavy atom. The summed E-state index contributed by atoms with van der Waals surface area (Å²) in [5.41, 5.74) is 8.63. The fourth-order valence-electron chi connectivity index (χ4n) is 4.77. The molecular weight excluding hydrogens is 518 g/mol. The molecule has 3 aromatic rings. The standard InChI is InChI=1S/C27H37N7O6/c1-37-13-14-40-26-31-24(28)23-25(32-26)34(27(30-23)39-3)12-9-18-7-10-33(11-8-18)17-21(35)29-20-6-4-5-19(15-20)16-22(36)38-2/h4-6,15,18H,7-14,16-17H2,1-3H3,(H,29,35)(H2,28,31,32). The molecule has 13 heteroatoms. The van der Waals surface area contributed by atoms with Crippen LogP contribution in [-0.2, 0) is 32.0 Å². The quantitative estimate of drug-likeness (QED) is 0.235. The molecule has 3 heterocycles. The predicted molar refractivity (Wildman–Crippen MR) is 148 cm³/mol. The number of piperidine rings is 1. The molecule has 40 heavy (non-hydrogen) atoms. The third-order valence-corrected chi connectivity index (χ3v) is 6.89. The van der Waals surface area contributed by atoms with E-state index in [1.165, 1.54) is 7.11 Å². The number of carbonyl (C=O) groups excluding carboxylic acids is 2. The van der Waals surface area contributed by atoms with E-state index in [4.69, 9.17) is 24.7 Å². The highest BCUT2D eigenvalue weighted by atomic mass is 16.5. The number of nitrogen functional groups attached to an aromatic ring is 1. The number of esters is 1. The van der Waals surface area contributed by atoms with Gasteiger partial charge in [-0.1, -0.05) is 12.1 Å².